The summed E-state index contributed by atoms with van der Waals surface area (Å²) < 4.78 is 0. The number of benzene rings is 1. The molecular weight excluding hydrogens is 362 g/mol. The van der Waals surface area contributed by atoms with E-state index in [1.807, 2.05) is 36.4 Å². The SMILES string of the molecule is CC#CC(=O)N(Cc1ccccc1)C(C(=O)NC1CCCCC1)c1cccnc1. The number of hydrogen-bond donors (Lipinski definition) is 1. The molecule has 2 aromatic rings. The predicted molar refractivity (Wildman–Crippen MR) is 112 cm³/mol. The summed E-state index contributed by atoms with van der Waals surface area (Å²) in [7, 11) is 0. The number of carbonyl (C=O) groups is 2. The van der Waals surface area contributed by atoms with Crippen molar-refractivity contribution in [2.45, 2.75) is 57.7 Å². The maximum Gasteiger partial charge on any atom is 0.299 e. The average molecular weight is 389 g/mol. The lowest BCUT2D eigenvalue weighted by molar-refractivity contribution is -0.138. The van der Waals surface area contributed by atoms with Crippen LogP contribution in [0.2, 0.25) is 0 Å². The van der Waals surface area contributed by atoms with Gasteiger partial charge in [-0.2, -0.15) is 0 Å². The lowest BCUT2D eigenvalue weighted by atomic mass is 9.94. The Balaban J connectivity index is 1.93. The molecule has 29 heavy (non-hydrogen) atoms. The molecule has 1 saturated carbocycles. The molecule has 0 bridgehead atoms. The molecule has 1 fully saturated rings. The highest BCUT2D eigenvalue weighted by Gasteiger charge is 2.32. The lowest BCUT2D eigenvalue weighted by Crippen LogP contribution is -2.46. The zero-order chi connectivity index (χ0) is 20.5. The Hall–Kier alpha value is -3.13. The molecule has 150 valence electrons. The first-order chi connectivity index (χ1) is 14.2. The third-order valence-electron chi connectivity index (χ3n) is 5.20. The van der Waals surface area contributed by atoms with Crippen molar-refractivity contribution in [3.63, 3.8) is 0 Å². The second kappa shape index (κ2) is 10.4. The highest BCUT2D eigenvalue weighted by Crippen LogP contribution is 2.25. The molecule has 1 heterocycles. The van der Waals surface area contributed by atoms with Crippen molar-refractivity contribution in [3.05, 3.63) is 66.0 Å². The fourth-order valence-electron chi connectivity index (χ4n) is 3.78. The molecule has 1 aliphatic rings. The normalized spacial score (nSPS) is 14.9. The van der Waals surface area contributed by atoms with Crippen molar-refractivity contribution in [2.75, 3.05) is 0 Å². The van der Waals surface area contributed by atoms with Gasteiger partial charge in [-0.3, -0.25) is 14.6 Å². The van der Waals surface area contributed by atoms with Gasteiger partial charge in [0.1, 0.15) is 6.04 Å². The fourth-order valence-corrected chi connectivity index (χ4v) is 3.78. The minimum Gasteiger partial charge on any atom is -0.351 e. The summed E-state index contributed by atoms with van der Waals surface area (Å²) in [4.78, 5) is 32.0. The maximum absolute atomic E-state index is 13.4. The van der Waals surface area contributed by atoms with Crippen LogP contribution < -0.4 is 5.32 Å². The largest absolute Gasteiger partial charge is 0.351 e. The molecule has 0 spiro atoms. The minimum atomic E-state index is -0.779. The highest BCUT2D eigenvalue weighted by molar-refractivity contribution is 5.97. The van der Waals surface area contributed by atoms with Crippen molar-refractivity contribution in [3.8, 4) is 11.8 Å². The summed E-state index contributed by atoms with van der Waals surface area (Å²) in [6, 6.07) is 12.7. The maximum atomic E-state index is 13.4. The van der Waals surface area contributed by atoms with Crippen LogP contribution in [0.1, 0.15) is 56.2 Å². The smallest absolute Gasteiger partial charge is 0.299 e. The summed E-state index contributed by atoms with van der Waals surface area (Å²) >= 11 is 0. The van der Waals surface area contributed by atoms with Gasteiger partial charge in [0, 0.05) is 30.5 Å². The number of pyridine rings is 1. The van der Waals surface area contributed by atoms with E-state index in [9.17, 15) is 9.59 Å². The summed E-state index contributed by atoms with van der Waals surface area (Å²) in [5.41, 5.74) is 1.63. The second-order valence-corrected chi connectivity index (χ2v) is 7.33. The van der Waals surface area contributed by atoms with Crippen molar-refractivity contribution in [2.24, 2.45) is 0 Å². The van der Waals surface area contributed by atoms with Crippen LogP contribution in [-0.2, 0) is 16.1 Å². The number of carbonyl (C=O) groups excluding carboxylic acids is 2. The van der Waals surface area contributed by atoms with Gasteiger partial charge in [0.25, 0.3) is 5.91 Å². The molecule has 5 heteroatoms. The summed E-state index contributed by atoms with van der Waals surface area (Å²) in [6.07, 6.45) is 8.72. The molecule has 0 aliphatic heterocycles. The first kappa shape index (κ1) is 20.6. The molecule has 1 aromatic heterocycles. The van der Waals surface area contributed by atoms with E-state index in [0.29, 0.717) is 12.1 Å². The van der Waals surface area contributed by atoms with Gasteiger partial charge in [0.2, 0.25) is 5.91 Å². The van der Waals surface area contributed by atoms with Gasteiger partial charge in [-0.05, 0) is 37.3 Å². The van der Waals surface area contributed by atoms with E-state index in [1.54, 1.807) is 30.3 Å². The van der Waals surface area contributed by atoms with Crippen molar-refractivity contribution in [1.29, 1.82) is 0 Å². The van der Waals surface area contributed by atoms with Gasteiger partial charge >= 0.3 is 0 Å². The van der Waals surface area contributed by atoms with E-state index in [0.717, 1.165) is 31.2 Å². The van der Waals surface area contributed by atoms with Gasteiger partial charge in [-0.1, -0.05) is 61.6 Å². The van der Waals surface area contributed by atoms with Crippen LogP contribution in [0.15, 0.2) is 54.9 Å². The molecular formula is C24H27N3O2. The Morgan fingerprint density at radius 2 is 1.90 bits per heavy atom. The van der Waals surface area contributed by atoms with E-state index in [-0.39, 0.29) is 17.9 Å². The highest BCUT2D eigenvalue weighted by atomic mass is 16.2. The van der Waals surface area contributed by atoms with Gasteiger partial charge in [-0.15, -0.1) is 0 Å². The van der Waals surface area contributed by atoms with E-state index in [2.05, 4.69) is 22.1 Å². The predicted octanol–water partition coefficient (Wildman–Crippen LogP) is 3.62. The van der Waals surface area contributed by atoms with E-state index >= 15 is 0 Å². The van der Waals surface area contributed by atoms with Crippen LogP contribution >= 0.6 is 0 Å². The van der Waals surface area contributed by atoms with Crippen molar-refractivity contribution in [1.82, 2.24) is 15.2 Å². The molecule has 0 radical (unpaired) electrons. The number of nitrogens with zero attached hydrogens (tertiary/aromatic N) is 2. The molecule has 1 atom stereocenters. The molecule has 1 aromatic carbocycles. The lowest BCUT2D eigenvalue weighted by Gasteiger charge is -2.32. The average Bonchev–Trinajstić information content (AvgIpc) is 2.75. The third-order valence-corrected chi connectivity index (χ3v) is 5.20. The standard InChI is InChI=1S/C24H27N3O2/c1-2-10-22(28)27(18-19-11-5-3-6-12-19)23(20-13-9-16-25-17-20)24(29)26-21-14-7-4-8-15-21/h3,5-6,9,11-13,16-17,21,23H,4,7-8,14-15,18H2,1H3,(H,26,29). The molecule has 1 unspecified atom stereocenters. The summed E-state index contributed by atoms with van der Waals surface area (Å²) in [5, 5.41) is 3.17. The number of rotatable bonds is 6. The molecule has 2 amide bonds. The minimum absolute atomic E-state index is 0.154. The monoisotopic (exact) mass is 389 g/mol. The molecule has 1 N–H and O–H groups in total. The number of amides is 2. The van der Waals surface area contributed by atoms with Crippen LogP contribution in [0.3, 0.4) is 0 Å². The molecule has 0 saturated heterocycles. The van der Waals surface area contributed by atoms with Crippen LogP contribution in [0.25, 0.3) is 0 Å². The zero-order valence-corrected chi connectivity index (χ0v) is 16.8. The number of hydrogen-bond acceptors (Lipinski definition) is 3. The molecule has 5 nitrogen and oxygen atoms in total. The van der Waals surface area contributed by atoms with Crippen LogP contribution in [0.5, 0.6) is 0 Å². The third kappa shape index (κ3) is 5.68. The van der Waals surface area contributed by atoms with E-state index in [1.165, 1.54) is 6.42 Å². The van der Waals surface area contributed by atoms with Gasteiger partial charge < -0.3 is 10.2 Å². The summed E-state index contributed by atoms with van der Waals surface area (Å²) in [5.74, 6) is 4.74. The Bertz CT molecular complexity index is 865. The summed E-state index contributed by atoms with van der Waals surface area (Å²) in [6.45, 7) is 1.92. The van der Waals surface area contributed by atoms with Crippen LogP contribution in [-0.4, -0.2) is 27.7 Å². The van der Waals surface area contributed by atoms with Crippen LogP contribution in [0.4, 0.5) is 0 Å². The van der Waals surface area contributed by atoms with Gasteiger partial charge in [0.05, 0.1) is 0 Å². The molecule has 1 aliphatic carbocycles. The Labute approximate surface area is 172 Å². The van der Waals surface area contributed by atoms with Gasteiger partial charge in [0.15, 0.2) is 0 Å². The van der Waals surface area contributed by atoms with Crippen molar-refractivity contribution < 1.29 is 9.59 Å². The van der Waals surface area contributed by atoms with E-state index < -0.39 is 6.04 Å². The fraction of sp³-hybridized carbons (Fsp3) is 0.375. The topological polar surface area (TPSA) is 62.3 Å². The molecule has 3 rings (SSSR count). The zero-order valence-electron chi connectivity index (χ0n) is 16.8. The van der Waals surface area contributed by atoms with Crippen molar-refractivity contribution >= 4 is 11.8 Å². The second-order valence-electron chi connectivity index (χ2n) is 7.33. The van der Waals surface area contributed by atoms with Crippen LogP contribution in [0, 0.1) is 11.8 Å². The first-order valence-electron chi connectivity index (χ1n) is 10.2. The first-order valence-corrected chi connectivity index (χ1v) is 10.2. The van der Waals surface area contributed by atoms with E-state index in [4.69, 9.17) is 0 Å². The Kier molecular flexibility index (Phi) is 7.40. The quantitative estimate of drug-likeness (QED) is 0.768. The Morgan fingerprint density at radius 3 is 2.55 bits per heavy atom. The Morgan fingerprint density at radius 1 is 1.14 bits per heavy atom. The number of aromatic nitrogens is 1. The number of nitrogens with one attached hydrogen (secondary N) is 1. The van der Waals surface area contributed by atoms with Gasteiger partial charge in [-0.25, -0.2) is 0 Å².